The molecule has 5 aromatic rings. The zero-order chi connectivity index (χ0) is 27.9. The first-order chi connectivity index (χ1) is 19.5. The standard InChI is InChI=1S/C31H27FN4O3S/c1-38-27-16-14-26(15-17-27)36-29(24-4-3-5-28(18-24)39-2)34-35-31(36)40-20-22-6-10-23(11-7-22)30(37)33-19-21-8-12-25(32)13-9-21/h3-18H,19-20H2,1-2H3,(H,33,37). The van der Waals surface area contributed by atoms with Gasteiger partial charge in [-0.15, -0.1) is 10.2 Å². The van der Waals surface area contributed by atoms with Crippen LogP contribution in [0.15, 0.2) is 102 Å². The van der Waals surface area contributed by atoms with E-state index < -0.39 is 0 Å². The number of hydrogen-bond acceptors (Lipinski definition) is 6. The number of nitrogens with zero attached hydrogens (tertiary/aromatic N) is 3. The molecule has 0 radical (unpaired) electrons. The number of benzene rings is 4. The maximum absolute atomic E-state index is 13.1. The van der Waals surface area contributed by atoms with Crippen LogP contribution in [0.2, 0.25) is 0 Å². The highest BCUT2D eigenvalue weighted by Crippen LogP contribution is 2.31. The second-order valence-corrected chi connectivity index (χ2v) is 9.81. The Labute approximate surface area is 236 Å². The van der Waals surface area contributed by atoms with Gasteiger partial charge in [-0.3, -0.25) is 9.36 Å². The summed E-state index contributed by atoms with van der Waals surface area (Å²) >= 11 is 1.55. The lowest BCUT2D eigenvalue weighted by Crippen LogP contribution is -2.22. The Bertz CT molecular complexity index is 1590. The molecule has 0 fully saturated rings. The number of amides is 1. The molecule has 0 bridgehead atoms. The van der Waals surface area contributed by atoms with Crippen LogP contribution in [0.4, 0.5) is 4.39 Å². The van der Waals surface area contributed by atoms with Gasteiger partial charge in [-0.05, 0) is 71.8 Å². The summed E-state index contributed by atoms with van der Waals surface area (Å²) in [6, 6.07) is 29.0. The fraction of sp³-hybridized carbons (Fsp3) is 0.129. The maximum atomic E-state index is 13.1. The molecular weight excluding hydrogens is 527 g/mol. The minimum absolute atomic E-state index is 0.189. The van der Waals surface area contributed by atoms with E-state index in [1.807, 2.05) is 65.2 Å². The number of carbonyl (C=O) groups is 1. The average molecular weight is 555 g/mol. The number of hydrogen-bond donors (Lipinski definition) is 1. The Morgan fingerprint density at radius 3 is 2.25 bits per heavy atom. The normalized spacial score (nSPS) is 10.8. The lowest BCUT2D eigenvalue weighted by atomic mass is 10.1. The summed E-state index contributed by atoms with van der Waals surface area (Å²) < 4.78 is 25.8. The van der Waals surface area contributed by atoms with Gasteiger partial charge in [0.2, 0.25) is 0 Å². The van der Waals surface area contributed by atoms with Crippen molar-refractivity contribution in [3.05, 3.63) is 120 Å². The average Bonchev–Trinajstić information content (AvgIpc) is 3.44. The number of methoxy groups -OCH3 is 2. The molecule has 9 heteroatoms. The predicted octanol–water partition coefficient (Wildman–Crippen LogP) is 6.31. The van der Waals surface area contributed by atoms with Crippen molar-refractivity contribution in [3.63, 3.8) is 0 Å². The second kappa shape index (κ2) is 12.5. The van der Waals surface area contributed by atoms with E-state index in [9.17, 15) is 9.18 Å². The molecule has 0 atom stereocenters. The minimum atomic E-state index is -0.303. The molecule has 0 saturated heterocycles. The van der Waals surface area contributed by atoms with Gasteiger partial charge in [-0.2, -0.15) is 0 Å². The molecule has 40 heavy (non-hydrogen) atoms. The molecule has 0 saturated carbocycles. The van der Waals surface area contributed by atoms with Crippen molar-refractivity contribution in [1.82, 2.24) is 20.1 Å². The van der Waals surface area contributed by atoms with Crippen LogP contribution >= 0.6 is 11.8 Å². The van der Waals surface area contributed by atoms with Gasteiger partial charge in [0.1, 0.15) is 17.3 Å². The van der Waals surface area contributed by atoms with Crippen molar-refractivity contribution in [3.8, 4) is 28.6 Å². The van der Waals surface area contributed by atoms with Gasteiger partial charge in [0.25, 0.3) is 5.91 Å². The van der Waals surface area contributed by atoms with Crippen molar-refractivity contribution < 1.29 is 18.7 Å². The number of nitrogens with one attached hydrogen (secondary N) is 1. The Morgan fingerprint density at radius 2 is 1.55 bits per heavy atom. The van der Waals surface area contributed by atoms with E-state index in [0.29, 0.717) is 23.7 Å². The van der Waals surface area contributed by atoms with Crippen LogP contribution in [0.3, 0.4) is 0 Å². The second-order valence-electron chi connectivity index (χ2n) is 8.87. The Kier molecular flexibility index (Phi) is 8.41. The van der Waals surface area contributed by atoms with Crippen LogP contribution in [0.5, 0.6) is 11.5 Å². The quantitative estimate of drug-likeness (QED) is 0.204. The van der Waals surface area contributed by atoms with E-state index >= 15 is 0 Å². The summed E-state index contributed by atoms with van der Waals surface area (Å²) in [7, 11) is 3.27. The van der Waals surface area contributed by atoms with Crippen LogP contribution in [0, 0.1) is 5.82 Å². The fourth-order valence-corrected chi connectivity index (χ4v) is 4.97. The van der Waals surface area contributed by atoms with Gasteiger partial charge >= 0.3 is 0 Å². The van der Waals surface area contributed by atoms with Crippen molar-refractivity contribution in [2.45, 2.75) is 17.5 Å². The molecule has 0 spiro atoms. The maximum Gasteiger partial charge on any atom is 0.251 e. The Morgan fingerprint density at radius 1 is 0.850 bits per heavy atom. The third kappa shape index (κ3) is 6.32. The van der Waals surface area contributed by atoms with E-state index in [2.05, 4.69) is 15.5 Å². The third-order valence-electron chi connectivity index (χ3n) is 6.24. The van der Waals surface area contributed by atoms with E-state index in [0.717, 1.165) is 39.0 Å². The molecule has 1 heterocycles. The molecule has 4 aromatic carbocycles. The first kappa shape index (κ1) is 27.0. The highest BCUT2D eigenvalue weighted by molar-refractivity contribution is 7.98. The van der Waals surface area contributed by atoms with E-state index in [-0.39, 0.29) is 11.7 Å². The summed E-state index contributed by atoms with van der Waals surface area (Å²) in [6.07, 6.45) is 0. The Hall–Kier alpha value is -4.63. The number of aromatic nitrogens is 3. The zero-order valence-electron chi connectivity index (χ0n) is 22.0. The third-order valence-corrected chi connectivity index (χ3v) is 7.24. The lowest BCUT2D eigenvalue weighted by molar-refractivity contribution is 0.0951. The summed E-state index contributed by atoms with van der Waals surface area (Å²) in [4.78, 5) is 12.6. The number of rotatable bonds is 10. The van der Waals surface area contributed by atoms with Gasteiger partial charge < -0.3 is 14.8 Å². The summed E-state index contributed by atoms with van der Waals surface area (Å²) in [5.74, 6) is 2.32. The molecule has 1 aromatic heterocycles. The molecule has 5 rings (SSSR count). The SMILES string of the molecule is COc1ccc(-n2c(SCc3ccc(C(=O)NCc4ccc(F)cc4)cc3)nnc2-c2cccc(OC)c2)cc1. The van der Waals surface area contributed by atoms with E-state index in [4.69, 9.17) is 9.47 Å². The van der Waals surface area contributed by atoms with Crippen LogP contribution in [-0.4, -0.2) is 34.9 Å². The first-order valence-electron chi connectivity index (χ1n) is 12.5. The monoisotopic (exact) mass is 554 g/mol. The molecule has 1 N–H and O–H groups in total. The molecule has 0 aliphatic rings. The number of carbonyl (C=O) groups excluding carboxylic acids is 1. The van der Waals surface area contributed by atoms with Crippen molar-refractivity contribution in [2.75, 3.05) is 14.2 Å². The summed E-state index contributed by atoms with van der Waals surface area (Å²) in [5, 5.41) is 12.6. The molecule has 0 aliphatic heterocycles. The van der Waals surface area contributed by atoms with Crippen molar-refractivity contribution in [1.29, 1.82) is 0 Å². The molecule has 202 valence electrons. The van der Waals surface area contributed by atoms with Crippen LogP contribution in [0.25, 0.3) is 17.1 Å². The molecule has 1 amide bonds. The number of thioether (sulfide) groups is 1. The minimum Gasteiger partial charge on any atom is -0.497 e. The van der Waals surface area contributed by atoms with Crippen LogP contribution in [-0.2, 0) is 12.3 Å². The van der Waals surface area contributed by atoms with Gasteiger partial charge in [0.15, 0.2) is 11.0 Å². The largest absolute Gasteiger partial charge is 0.497 e. The van der Waals surface area contributed by atoms with Gasteiger partial charge in [0, 0.05) is 29.1 Å². The highest BCUT2D eigenvalue weighted by atomic mass is 32.2. The van der Waals surface area contributed by atoms with Crippen LogP contribution in [0.1, 0.15) is 21.5 Å². The fourth-order valence-electron chi connectivity index (χ4n) is 4.06. The molecule has 7 nitrogen and oxygen atoms in total. The van der Waals surface area contributed by atoms with E-state index in [1.165, 1.54) is 12.1 Å². The van der Waals surface area contributed by atoms with Gasteiger partial charge in [-0.1, -0.05) is 48.2 Å². The number of ether oxygens (including phenoxy) is 2. The predicted molar refractivity (Wildman–Crippen MR) is 153 cm³/mol. The summed E-state index contributed by atoms with van der Waals surface area (Å²) in [6.45, 7) is 0.327. The molecule has 0 aliphatic carbocycles. The van der Waals surface area contributed by atoms with Gasteiger partial charge in [0.05, 0.1) is 14.2 Å². The first-order valence-corrected chi connectivity index (χ1v) is 13.5. The topological polar surface area (TPSA) is 78.3 Å². The van der Waals surface area contributed by atoms with Crippen LogP contribution < -0.4 is 14.8 Å². The zero-order valence-corrected chi connectivity index (χ0v) is 22.8. The summed E-state index contributed by atoms with van der Waals surface area (Å²) in [5.41, 5.74) is 4.20. The molecular formula is C31H27FN4O3S. The van der Waals surface area contributed by atoms with Crippen molar-refractivity contribution in [2.24, 2.45) is 0 Å². The highest BCUT2D eigenvalue weighted by Gasteiger charge is 2.17. The van der Waals surface area contributed by atoms with Gasteiger partial charge in [-0.25, -0.2) is 4.39 Å². The lowest BCUT2D eigenvalue weighted by Gasteiger charge is -2.12. The van der Waals surface area contributed by atoms with E-state index in [1.54, 1.807) is 50.2 Å². The van der Waals surface area contributed by atoms with Crippen molar-refractivity contribution >= 4 is 17.7 Å². The molecule has 0 unspecified atom stereocenters. The number of halogens is 1. The Balaban J connectivity index is 1.32. The smallest absolute Gasteiger partial charge is 0.251 e.